The van der Waals surface area contributed by atoms with Gasteiger partial charge in [-0.05, 0) is 69.0 Å². The van der Waals surface area contributed by atoms with Crippen LogP contribution in [0.15, 0.2) is 53.4 Å². The van der Waals surface area contributed by atoms with E-state index in [2.05, 4.69) is 20.9 Å². The average Bonchev–Trinajstić information content (AvgIpc) is 3.30. The Hall–Kier alpha value is -4.17. The highest BCUT2D eigenvalue weighted by molar-refractivity contribution is 7.91. The summed E-state index contributed by atoms with van der Waals surface area (Å²) in [5.41, 5.74) is 1.31. The molecule has 12 nitrogen and oxygen atoms in total. The SMILES string of the molecule is CCS(=O)(=O)c1ccc(Cc2sc(NC(C)=O)nc2CCc2ccc(NC(NC(=O)O)(N(C(=O)O)C(C)(C)C)C(C)(C)C)cc2)cc1. The van der Waals surface area contributed by atoms with E-state index >= 15 is 0 Å². The van der Waals surface area contributed by atoms with Crippen LogP contribution in [0.2, 0.25) is 0 Å². The van der Waals surface area contributed by atoms with E-state index in [1.165, 1.54) is 18.3 Å². The lowest BCUT2D eigenvalue weighted by Gasteiger charge is -2.55. The third-order valence-electron chi connectivity index (χ3n) is 7.59. The maximum Gasteiger partial charge on any atom is 0.411 e. The van der Waals surface area contributed by atoms with E-state index in [9.17, 15) is 33.0 Å². The van der Waals surface area contributed by atoms with Crippen molar-refractivity contribution in [2.75, 3.05) is 16.4 Å². The summed E-state index contributed by atoms with van der Waals surface area (Å²) in [6.07, 6.45) is -0.986. The average molecular weight is 688 g/mol. The minimum atomic E-state index is -3.31. The monoisotopic (exact) mass is 687 g/mol. The highest BCUT2D eigenvalue weighted by Crippen LogP contribution is 2.39. The number of thiazole rings is 1. The standard InChI is InChI=1S/C33H45N5O7S2/c1-9-47(44,45)25-17-12-23(13-18-25)20-27-26(35-28(46-27)34-21(2)39)19-14-22-10-15-24(16-11-22)36-33(31(3,4)5,37-29(40)41)38(30(42)43)32(6,7)8/h10-13,15-18,36-37H,9,14,19-20H2,1-8H3,(H,40,41)(H,42,43)(H,34,35,39). The zero-order valence-corrected chi connectivity index (χ0v) is 29.7. The van der Waals surface area contributed by atoms with E-state index in [-0.39, 0.29) is 16.6 Å². The van der Waals surface area contributed by atoms with Crippen molar-refractivity contribution >= 4 is 50.1 Å². The lowest BCUT2D eigenvalue weighted by molar-refractivity contribution is -0.114. The molecule has 0 saturated carbocycles. The van der Waals surface area contributed by atoms with Crippen molar-refractivity contribution in [3.63, 3.8) is 0 Å². The lowest BCUT2D eigenvalue weighted by atomic mass is 9.82. The Morgan fingerprint density at radius 1 is 0.894 bits per heavy atom. The van der Waals surface area contributed by atoms with Gasteiger partial charge in [-0.1, -0.05) is 52.0 Å². The number of nitrogens with zero attached hydrogens (tertiary/aromatic N) is 2. The third kappa shape index (κ3) is 9.22. The van der Waals surface area contributed by atoms with Crippen LogP contribution in [0.1, 0.15) is 77.1 Å². The Labute approximate surface area is 280 Å². The smallest absolute Gasteiger partial charge is 0.411 e. The molecule has 0 saturated heterocycles. The highest BCUT2D eigenvalue weighted by atomic mass is 32.2. The van der Waals surface area contributed by atoms with Gasteiger partial charge in [0.25, 0.3) is 0 Å². The van der Waals surface area contributed by atoms with Crippen LogP contribution >= 0.6 is 11.3 Å². The van der Waals surface area contributed by atoms with Gasteiger partial charge in [0.15, 0.2) is 15.0 Å². The van der Waals surface area contributed by atoms with Crippen LogP contribution in [0.3, 0.4) is 0 Å². The van der Waals surface area contributed by atoms with Crippen molar-refractivity contribution in [2.24, 2.45) is 5.41 Å². The molecule has 1 aromatic heterocycles. The topological polar surface area (TPSA) is 178 Å². The summed E-state index contributed by atoms with van der Waals surface area (Å²) in [6, 6.07) is 14.1. The van der Waals surface area contributed by atoms with Crippen LogP contribution < -0.4 is 16.0 Å². The summed E-state index contributed by atoms with van der Waals surface area (Å²) in [4.78, 5) is 43.3. The molecule has 3 amide bonds. The number of hydrogen-bond donors (Lipinski definition) is 5. The molecule has 0 spiro atoms. The summed E-state index contributed by atoms with van der Waals surface area (Å²) in [6.45, 7) is 13.4. The summed E-state index contributed by atoms with van der Waals surface area (Å²) in [5, 5.41) is 29.0. The second kappa shape index (κ2) is 14.3. The number of carboxylic acid groups (broad SMARTS) is 2. The molecule has 3 aromatic rings. The second-order valence-electron chi connectivity index (χ2n) is 13.3. The number of rotatable bonds is 12. The molecule has 1 unspecified atom stereocenters. The number of aryl methyl sites for hydroxylation is 2. The number of carbonyl (C=O) groups is 3. The van der Waals surface area contributed by atoms with E-state index in [4.69, 9.17) is 0 Å². The van der Waals surface area contributed by atoms with Gasteiger partial charge in [0, 0.05) is 34.9 Å². The molecular formula is C33H45N5O7S2. The number of carbonyl (C=O) groups excluding carboxylic acids is 1. The van der Waals surface area contributed by atoms with Crippen molar-refractivity contribution in [1.82, 2.24) is 15.2 Å². The van der Waals surface area contributed by atoms with E-state index in [0.29, 0.717) is 30.1 Å². The van der Waals surface area contributed by atoms with Crippen LogP contribution in [0.25, 0.3) is 0 Å². The van der Waals surface area contributed by atoms with Crippen molar-refractivity contribution in [3.05, 3.63) is 70.2 Å². The van der Waals surface area contributed by atoms with Gasteiger partial charge in [0.2, 0.25) is 11.7 Å². The molecule has 0 aliphatic carbocycles. The van der Waals surface area contributed by atoms with Crippen LogP contribution in [-0.4, -0.2) is 63.7 Å². The Morgan fingerprint density at radius 3 is 1.94 bits per heavy atom. The predicted molar refractivity (Wildman–Crippen MR) is 184 cm³/mol. The normalized spacial score (nSPS) is 13.4. The van der Waals surface area contributed by atoms with Crippen molar-refractivity contribution in [2.45, 2.75) is 90.9 Å². The first-order valence-corrected chi connectivity index (χ1v) is 17.6. The van der Waals surface area contributed by atoms with Crippen molar-refractivity contribution in [1.29, 1.82) is 0 Å². The molecule has 14 heteroatoms. The first kappa shape index (κ1) is 37.3. The number of anilines is 2. The van der Waals surface area contributed by atoms with Gasteiger partial charge in [-0.25, -0.2) is 23.0 Å². The minimum Gasteiger partial charge on any atom is -0.465 e. The first-order valence-electron chi connectivity index (χ1n) is 15.2. The highest BCUT2D eigenvalue weighted by Gasteiger charge is 2.54. The van der Waals surface area contributed by atoms with Gasteiger partial charge in [-0.15, -0.1) is 11.3 Å². The number of amides is 3. The molecule has 2 aromatic carbocycles. The Balaban J connectivity index is 1.87. The molecule has 0 fully saturated rings. The van der Waals surface area contributed by atoms with Gasteiger partial charge < -0.3 is 20.8 Å². The minimum absolute atomic E-state index is 0.0246. The van der Waals surface area contributed by atoms with Crippen molar-refractivity contribution in [3.8, 4) is 0 Å². The molecule has 0 bridgehead atoms. The molecule has 0 radical (unpaired) electrons. The molecular weight excluding hydrogens is 643 g/mol. The van der Waals surface area contributed by atoms with Crippen LogP contribution in [0.5, 0.6) is 0 Å². The van der Waals surface area contributed by atoms with E-state index in [1.807, 2.05) is 12.1 Å². The predicted octanol–water partition coefficient (Wildman–Crippen LogP) is 6.43. The number of nitrogens with one attached hydrogen (secondary N) is 3. The molecule has 47 heavy (non-hydrogen) atoms. The fourth-order valence-electron chi connectivity index (χ4n) is 5.26. The number of hydrogen-bond acceptors (Lipinski definition) is 8. The van der Waals surface area contributed by atoms with E-state index in [1.54, 1.807) is 84.9 Å². The van der Waals surface area contributed by atoms with Crippen LogP contribution in [0, 0.1) is 5.41 Å². The van der Waals surface area contributed by atoms with Crippen LogP contribution in [0.4, 0.5) is 20.4 Å². The summed E-state index contributed by atoms with van der Waals surface area (Å²) >= 11 is 1.38. The summed E-state index contributed by atoms with van der Waals surface area (Å²) in [5.74, 6) is -1.93. The largest absolute Gasteiger partial charge is 0.465 e. The van der Waals surface area contributed by atoms with Gasteiger partial charge in [-0.2, -0.15) is 0 Å². The maximum atomic E-state index is 12.6. The van der Waals surface area contributed by atoms with Gasteiger partial charge in [0.1, 0.15) is 0 Å². The fourth-order valence-corrected chi connectivity index (χ4v) is 7.23. The number of aromatic nitrogens is 1. The molecule has 256 valence electrons. The van der Waals surface area contributed by atoms with E-state index < -0.39 is 38.8 Å². The molecule has 0 aliphatic rings. The van der Waals surface area contributed by atoms with E-state index in [0.717, 1.165) is 26.6 Å². The molecule has 1 atom stereocenters. The Kier molecular flexibility index (Phi) is 11.3. The van der Waals surface area contributed by atoms with Gasteiger partial charge in [0.05, 0.1) is 16.3 Å². The van der Waals surface area contributed by atoms with Gasteiger partial charge in [-0.3, -0.25) is 15.0 Å². The quantitative estimate of drug-likeness (QED) is 0.134. The number of benzene rings is 2. The second-order valence-corrected chi connectivity index (χ2v) is 16.7. The Morgan fingerprint density at radius 2 is 1.47 bits per heavy atom. The fraction of sp³-hybridized carbons (Fsp3) is 0.455. The zero-order chi connectivity index (χ0) is 35.4. The molecule has 5 N–H and O–H groups in total. The first-order chi connectivity index (χ1) is 21.7. The maximum absolute atomic E-state index is 12.6. The molecule has 0 aliphatic heterocycles. The van der Waals surface area contributed by atoms with Crippen LogP contribution in [-0.2, 0) is 33.9 Å². The lowest BCUT2D eigenvalue weighted by Crippen LogP contribution is -2.76. The number of sulfone groups is 1. The molecule has 3 rings (SSSR count). The summed E-state index contributed by atoms with van der Waals surface area (Å²) < 4.78 is 24.4. The van der Waals surface area contributed by atoms with Crippen molar-refractivity contribution < 1.29 is 33.0 Å². The van der Waals surface area contributed by atoms with Gasteiger partial charge >= 0.3 is 12.2 Å². The molecule has 1 heterocycles. The third-order valence-corrected chi connectivity index (χ3v) is 10.4. The summed E-state index contributed by atoms with van der Waals surface area (Å²) in [7, 11) is -3.31. The Bertz CT molecular complexity index is 1690. The zero-order valence-electron chi connectivity index (χ0n) is 28.1.